The van der Waals surface area contributed by atoms with Gasteiger partial charge in [-0.3, -0.25) is 0 Å². The maximum absolute atomic E-state index is 12.9. The average molecular weight is 220 g/mol. The van der Waals surface area contributed by atoms with Crippen LogP contribution in [0.25, 0.3) is 0 Å². The Morgan fingerprint density at radius 2 is 1.75 bits per heavy atom. The molecule has 1 aromatic carbocycles. The maximum atomic E-state index is 12.9. The van der Waals surface area contributed by atoms with Crippen LogP contribution in [0.5, 0.6) is 0 Å². The summed E-state index contributed by atoms with van der Waals surface area (Å²) >= 11 is 0. The topological polar surface area (TPSA) is 0 Å². The quantitative estimate of drug-likeness (QED) is 0.679. The summed E-state index contributed by atoms with van der Waals surface area (Å²) in [7, 11) is 0. The summed E-state index contributed by atoms with van der Waals surface area (Å²) in [6.07, 6.45) is 8.04. The van der Waals surface area contributed by atoms with E-state index in [1.807, 2.05) is 12.1 Å². The maximum Gasteiger partial charge on any atom is 0.123 e. The second kappa shape index (κ2) is 5.47. The van der Waals surface area contributed by atoms with Crippen molar-refractivity contribution >= 4 is 0 Å². The molecule has 16 heavy (non-hydrogen) atoms. The van der Waals surface area contributed by atoms with Crippen LogP contribution in [0.1, 0.15) is 56.9 Å². The fourth-order valence-electron chi connectivity index (χ4n) is 3.09. The van der Waals surface area contributed by atoms with Crippen molar-refractivity contribution in [2.45, 2.75) is 51.4 Å². The van der Waals surface area contributed by atoms with Crippen molar-refractivity contribution in [2.24, 2.45) is 5.92 Å². The molecule has 1 saturated carbocycles. The van der Waals surface area contributed by atoms with Crippen molar-refractivity contribution in [2.75, 3.05) is 0 Å². The first-order valence-electron chi connectivity index (χ1n) is 6.56. The van der Waals surface area contributed by atoms with E-state index in [4.69, 9.17) is 0 Å². The van der Waals surface area contributed by atoms with E-state index in [2.05, 4.69) is 6.92 Å². The lowest BCUT2D eigenvalue weighted by Crippen LogP contribution is -2.15. The first kappa shape index (κ1) is 11.6. The van der Waals surface area contributed by atoms with Crippen LogP contribution in [0, 0.1) is 11.7 Å². The van der Waals surface area contributed by atoms with Gasteiger partial charge in [0.2, 0.25) is 0 Å². The summed E-state index contributed by atoms with van der Waals surface area (Å²) < 4.78 is 12.9. The molecule has 0 aliphatic heterocycles. The summed E-state index contributed by atoms with van der Waals surface area (Å²) in [6, 6.07) is 7.14. The monoisotopic (exact) mass is 220 g/mol. The number of rotatable bonds is 3. The van der Waals surface area contributed by atoms with Crippen molar-refractivity contribution in [3.05, 3.63) is 35.6 Å². The molecule has 88 valence electrons. The Kier molecular flexibility index (Phi) is 3.98. The van der Waals surface area contributed by atoms with Crippen molar-refractivity contribution in [3.8, 4) is 0 Å². The van der Waals surface area contributed by atoms with E-state index < -0.39 is 0 Å². The van der Waals surface area contributed by atoms with E-state index >= 15 is 0 Å². The molecule has 1 aliphatic rings. The predicted molar refractivity (Wildman–Crippen MR) is 66.0 cm³/mol. The molecule has 1 fully saturated rings. The highest BCUT2D eigenvalue weighted by atomic mass is 19.1. The van der Waals surface area contributed by atoms with Crippen LogP contribution in [-0.2, 0) is 0 Å². The predicted octanol–water partition coefficient (Wildman–Crippen LogP) is 4.90. The first-order valence-corrected chi connectivity index (χ1v) is 6.56. The summed E-state index contributed by atoms with van der Waals surface area (Å²) in [5.74, 6) is 1.34. The second-order valence-corrected chi connectivity index (χ2v) is 4.96. The Morgan fingerprint density at radius 1 is 1.12 bits per heavy atom. The zero-order valence-corrected chi connectivity index (χ0v) is 10.1. The van der Waals surface area contributed by atoms with Gasteiger partial charge >= 0.3 is 0 Å². The smallest absolute Gasteiger partial charge is 0.123 e. The Bertz CT molecular complexity index is 309. The van der Waals surface area contributed by atoms with E-state index in [1.54, 1.807) is 12.1 Å². The zero-order valence-electron chi connectivity index (χ0n) is 10.1. The molecule has 0 nitrogen and oxygen atoms in total. The van der Waals surface area contributed by atoms with Gasteiger partial charge in [-0.25, -0.2) is 4.39 Å². The van der Waals surface area contributed by atoms with E-state index in [-0.39, 0.29) is 5.82 Å². The largest absolute Gasteiger partial charge is 0.207 e. The molecule has 0 bridgehead atoms. The van der Waals surface area contributed by atoms with Gasteiger partial charge in [0.1, 0.15) is 5.82 Å². The molecular weight excluding hydrogens is 199 g/mol. The van der Waals surface area contributed by atoms with E-state index in [1.165, 1.54) is 44.1 Å². The third-order valence-corrected chi connectivity index (χ3v) is 3.96. The van der Waals surface area contributed by atoms with Crippen LogP contribution >= 0.6 is 0 Å². The van der Waals surface area contributed by atoms with Crippen molar-refractivity contribution in [1.82, 2.24) is 0 Å². The second-order valence-electron chi connectivity index (χ2n) is 4.96. The summed E-state index contributed by atoms with van der Waals surface area (Å²) in [6.45, 7) is 2.25. The number of hydrogen-bond acceptors (Lipinski definition) is 0. The van der Waals surface area contributed by atoms with Gasteiger partial charge in [-0.15, -0.1) is 0 Å². The van der Waals surface area contributed by atoms with Crippen LogP contribution in [-0.4, -0.2) is 0 Å². The molecule has 0 radical (unpaired) electrons. The highest BCUT2D eigenvalue weighted by molar-refractivity contribution is 5.21. The molecule has 0 N–H and O–H groups in total. The molecule has 1 aliphatic carbocycles. The van der Waals surface area contributed by atoms with Gasteiger partial charge in [-0.2, -0.15) is 0 Å². The molecule has 0 spiro atoms. The van der Waals surface area contributed by atoms with Gasteiger partial charge in [0.25, 0.3) is 0 Å². The van der Waals surface area contributed by atoms with Gasteiger partial charge < -0.3 is 0 Å². The summed E-state index contributed by atoms with van der Waals surface area (Å²) in [5, 5.41) is 0. The minimum Gasteiger partial charge on any atom is -0.207 e. The lowest BCUT2D eigenvalue weighted by Gasteiger charge is -2.30. The molecule has 2 rings (SSSR count). The molecule has 1 unspecified atom stereocenters. The Morgan fingerprint density at radius 3 is 2.31 bits per heavy atom. The Hall–Kier alpha value is -0.850. The highest BCUT2D eigenvalue weighted by Crippen LogP contribution is 2.37. The van der Waals surface area contributed by atoms with Gasteiger partial charge in [-0.1, -0.05) is 38.3 Å². The standard InChI is InChI=1S/C15H21F/c1-2-15(12-6-4-3-5-7-12)13-8-10-14(16)11-9-13/h8-12,15H,2-7H2,1H3. The molecule has 0 amide bonds. The molecule has 0 saturated heterocycles. The SMILES string of the molecule is CCC(c1ccc(F)cc1)C1CCCCC1. The van der Waals surface area contributed by atoms with Crippen LogP contribution < -0.4 is 0 Å². The number of halogens is 1. The third kappa shape index (κ3) is 2.63. The zero-order chi connectivity index (χ0) is 11.4. The molecule has 1 heteroatoms. The van der Waals surface area contributed by atoms with Crippen molar-refractivity contribution in [1.29, 1.82) is 0 Å². The molecular formula is C15H21F. The normalized spacial score (nSPS) is 19.6. The Labute approximate surface area is 97.9 Å². The lowest BCUT2D eigenvalue weighted by molar-refractivity contribution is 0.299. The minimum absolute atomic E-state index is 0.123. The molecule has 0 heterocycles. The van der Waals surface area contributed by atoms with E-state index in [0.717, 1.165) is 5.92 Å². The fraction of sp³-hybridized carbons (Fsp3) is 0.600. The molecule has 1 atom stereocenters. The van der Waals surface area contributed by atoms with Crippen LogP contribution in [0.4, 0.5) is 4.39 Å². The molecule has 0 aromatic heterocycles. The van der Waals surface area contributed by atoms with Gasteiger partial charge in [0, 0.05) is 0 Å². The lowest BCUT2D eigenvalue weighted by atomic mass is 9.76. The van der Waals surface area contributed by atoms with Crippen molar-refractivity contribution in [3.63, 3.8) is 0 Å². The first-order chi connectivity index (χ1) is 7.81. The average Bonchev–Trinajstić information content (AvgIpc) is 2.34. The van der Waals surface area contributed by atoms with Gasteiger partial charge in [-0.05, 0) is 48.8 Å². The molecule has 1 aromatic rings. The fourth-order valence-corrected chi connectivity index (χ4v) is 3.09. The van der Waals surface area contributed by atoms with E-state index in [9.17, 15) is 4.39 Å². The van der Waals surface area contributed by atoms with E-state index in [0.29, 0.717) is 5.92 Å². The van der Waals surface area contributed by atoms with Crippen LogP contribution in [0.2, 0.25) is 0 Å². The summed E-state index contributed by atoms with van der Waals surface area (Å²) in [4.78, 5) is 0. The Balaban J connectivity index is 2.11. The van der Waals surface area contributed by atoms with Crippen LogP contribution in [0.3, 0.4) is 0 Å². The van der Waals surface area contributed by atoms with Gasteiger partial charge in [0.05, 0.1) is 0 Å². The summed E-state index contributed by atoms with van der Waals surface area (Å²) in [5.41, 5.74) is 1.33. The van der Waals surface area contributed by atoms with Gasteiger partial charge in [0.15, 0.2) is 0 Å². The number of benzene rings is 1. The van der Waals surface area contributed by atoms with Crippen LogP contribution in [0.15, 0.2) is 24.3 Å². The minimum atomic E-state index is -0.123. The third-order valence-electron chi connectivity index (χ3n) is 3.96. The number of hydrogen-bond donors (Lipinski definition) is 0. The van der Waals surface area contributed by atoms with Crippen molar-refractivity contribution < 1.29 is 4.39 Å². The highest BCUT2D eigenvalue weighted by Gasteiger charge is 2.23.